The molecule has 5 nitrogen and oxygen atoms in total. The number of piperidine rings is 1. The van der Waals surface area contributed by atoms with Gasteiger partial charge in [-0.3, -0.25) is 4.79 Å². The van der Waals surface area contributed by atoms with Crippen molar-refractivity contribution < 1.29 is 23.1 Å². The molecule has 1 N–H and O–H groups in total. The lowest BCUT2D eigenvalue weighted by atomic mass is 9.77. The predicted molar refractivity (Wildman–Crippen MR) is 97.3 cm³/mol. The third-order valence-electron chi connectivity index (χ3n) is 6.91. The number of aromatic nitrogens is 1. The lowest BCUT2D eigenvalue weighted by Gasteiger charge is -2.40. The summed E-state index contributed by atoms with van der Waals surface area (Å²) in [6.07, 6.45) is 4.74. The molecule has 0 atom stereocenters. The Morgan fingerprint density at radius 3 is 2.25 bits per heavy atom. The third kappa shape index (κ3) is 3.15. The smallest absolute Gasteiger partial charge is 0.251 e. The fourth-order valence-corrected chi connectivity index (χ4v) is 5.00. The number of anilines is 1. The summed E-state index contributed by atoms with van der Waals surface area (Å²) in [6, 6.07) is 0.196. The standard InChI is InChI=1S/C20H26F3N3O2/c1-12-15(21)17(23)24-18(16(12)22)25-9-6-20(7-10-25)8-11-26(19(20)28)13-2-4-14(27)5-3-13/h13-14,27H,2-11H2,1H3/t13-,14-. The number of rotatable bonds is 2. The molecule has 154 valence electrons. The number of aliphatic hydroxyl groups is 1. The van der Waals surface area contributed by atoms with E-state index in [2.05, 4.69) is 4.98 Å². The summed E-state index contributed by atoms with van der Waals surface area (Å²) in [5.41, 5.74) is -0.818. The molecular weight excluding hydrogens is 371 g/mol. The van der Waals surface area contributed by atoms with Gasteiger partial charge >= 0.3 is 0 Å². The van der Waals surface area contributed by atoms with E-state index in [0.717, 1.165) is 38.6 Å². The van der Waals surface area contributed by atoms with Crippen molar-refractivity contribution in [1.82, 2.24) is 9.88 Å². The minimum absolute atomic E-state index is 0.156. The quantitative estimate of drug-likeness (QED) is 0.780. The molecule has 0 radical (unpaired) electrons. The number of halogens is 3. The highest BCUT2D eigenvalue weighted by Crippen LogP contribution is 2.44. The number of nitrogens with zero attached hydrogens (tertiary/aromatic N) is 3. The van der Waals surface area contributed by atoms with Gasteiger partial charge in [0, 0.05) is 31.2 Å². The maximum Gasteiger partial charge on any atom is 0.251 e. The first-order chi connectivity index (χ1) is 13.3. The average Bonchev–Trinajstić information content (AvgIpc) is 3.01. The molecule has 1 aliphatic carbocycles. The Hall–Kier alpha value is -1.83. The zero-order chi connectivity index (χ0) is 20.1. The summed E-state index contributed by atoms with van der Waals surface area (Å²) in [5.74, 6) is -3.40. The van der Waals surface area contributed by atoms with Crippen molar-refractivity contribution in [3.63, 3.8) is 0 Å². The second kappa shape index (κ2) is 7.21. The first-order valence-electron chi connectivity index (χ1n) is 10.1. The highest BCUT2D eigenvalue weighted by atomic mass is 19.2. The number of amides is 1. The van der Waals surface area contributed by atoms with Gasteiger partial charge in [0.2, 0.25) is 5.91 Å². The fraction of sp³-hybridized carbons (Fsp3) is 0.700. The van der Waals surface area contributed by atoms with Crippen LogP contribution in [0.3, 0.4) is 0 Å². The van der Waals surface area contributed by atoms with Gasteiger partial charge in [-0.05, 0) is 51.9 Å². The van der Waals surface area contributed by atoms with E-state index in [4.69, 9.17) is 0 Å². The van der Waals surface area contributed by atoms with Crippen molar-refractivity contribution >= 4 is 11.7 Å². The molecule has 0 bridgehead atoms. The van der Waals surface area contributed by atoms with Crippen molar-refractivity contribution in [2.45, 2.75) is 64.0 Å². The van der Waals surface area contributed by atoms with Crippen LogP contribution in [0.25, 0.3) is 0 Å². The predicted octanol–water partition coefficient (Wildman–Crippen LogP) is 2.93. The summed E-state index contributed by atoms with van der Waals surface area (Å²) in [6.45, 7) is 2.69. The van der Waals surface area contributed by atoms with Gasteiger partial charge in [-0.1, -0.05) is 0 Å². The highest BCUT2D eigenvalue weighted by molar-refractivity contribution is 5.85. The van der Waals surface area contributed by atoms with Crippen LogP contribution in [-0.2, 0) is 4.79 Å². The molecule has 1 amide bonds. The summed E-state index contributed by atoms with van der Waals surface area (Å²) in [5, 5.41) is 9.70. The first kappa shape index (κ1) is 19.5. The van der Waals surface area contributed by atoms with Crippen molar-refractivity contribution in [3.05, 3.63) is 23.1 Å². The normalized spacial score (nSPS) is 27.7. The van der Waals surface area contributed by atoms with E-state index in [9.17, 15) is 23.1 Å². The molecule has 4 rings (SSSR count). The molecule has 1 aromatic rings. The van der Waals surface area contributed by atoms with E-state index < -0.39 is 23.0 Å². The average molecular weight is 397 g/mol. The number of hydrogen-bond acceptors (Lipinski definition) is 4. The minimum atomic E-state index is -1.29. The minimum Gasteiger partial charge on any atom is -0.393 e. The van der Waals surface area contributed by atoms with Crippen molar-refractivity contribution in [2.24, 2.45) is 5.41 Å². The molecule has 0 aromatic carbocycles. The SMILES string of the molecule is Cc1c(F)c(F)nc(N2CCC3(CC2)CCN([C@H]2CC[C@H](O)CC2)C3=O)c1F. The Kier molecular flexibility index (Phi) is 5.02. The van der Waals surface area contributed by atoms with Crippen LogP contribution in [0.2, 0.25) is 0 Å². The molecule has 1 spiro atoms. The zero-order valence-electron chi connectivity index (χ0n) is 16.1. The number of pyridine rings is 1. The first-order valence-corrected chi connectivity index (χ1v) is 10.1. The number of carbonyl (C=O) groups excluding carboxylic acids is 1. The topological polar surface area (TPSA) is 56.7 Å². The van der Waals surface area contributed by atoms with Crippen LogP contribution in [-0.4, -0.2) is 52.7 Å². The van der Waals surface area contributed by atoms with Crippen LogP contribution in [0, 0.1) is 29.9 Å². The monoisotopic (exact) mass is 397 g/mol. The number of aliphatic hydroxyl groups excluding tert-OH is 1. The maximum atomic E-state index is 14.4. The summed E-state index contributed by atoms with van der Waals surface area (Å²) < 4.78 is 41.6. The third-order valence-corrected chi connectivity index (χ3v) is 6.91. The Balaban J connectivity index is 1.45. The van der Waals surface area contributed by atoms with Gasteiger partial charge in [0.1, 0.15) is 0 Å². The van der Waals surface area contributed by atoms with E-state index in [1.165, 1.54) is 6.92 Å². The molecule has 2 saturated heterocycles. The Labute approximate surface area is 162 Å². The van der Waals surface area contributed by atoms with Crippen LogP contribution in [0.5, 0.6) is 0 Å². The Morgan fingerprint density at radius 1 is 1.00 bits per heavy atom. The lowest BCUT2D eigenvalue weighted by Crippen LogP contribution is -2.48. The molecule has 2 aliphatic heterocycles. The van der Waals surface area contributed by atoms with Crippen molar-refractivity contribution in [2.75, 3.05) is 24.5 Å². The van der Waals surface area contributed by atoms with Gasteiger partial charge in [-0.25, -0.2) is 8.78 Å². The van der Waals surface area contributed by atoms with Crippen LogP contribution in [0.4, 0.5) is 19.0 Å². The van der Waals surface area contributed by atoms with Crippen molar-refractivity contribution in [1.29, 1.82) is 0 Å². The second-order valence-corrected chi connectivity index (χ2v) is 8.46. The van der Waals surface area contributed by atoms with Crippen LogP contribution >= 0.6 is 0 Å². The highest BCUT2D eigenvalue weighted by Gasteiger charge is 2.50. The molecule has 3 aliphatic rings. The number of carbonyl (C=O) groups is 1. The molecule has 1 saturated carbocycles. The maximum absolute atomic E-state index is 14.4. The summed E-state index contributed by atoms with van der Waals surface area (Å²) in [7, 11) is 0. The molecular formula is C20H26F3N3O2. The van der Waals surface area contributed by atoms with E-state index in [-0.39, 0.29) is 29.4 Å². The zero-order valence-corrected chi connectivity index (χ0v) is 16.1. The fourth-order valence-electron chi connectivity index (χ4n) is 5.00. The largest absolute Gasteiger partial charge is 0.393 e. The van der Waals surface area contributed by atoms with Gasteiger partial charge in [0.05, 0.1) is 11.5 Å². The van der Waals surface area contributed by atoms with Gasteiger partial charge in [0.25, 0.3) is 5.95 Å². The van der Waals surface area contributed by atoms with Gasteiger partial charge in [-0.2, -0.15) is 9.37 Å². The van der Waals surface area contributed by atoms with Crippen molar-refractivity contribution in [3.8, 4) is 0 Å². The van der Waals surface area contributed by atoms with E-state index >= 15 is 0 Å². The number of likely N-dealkylation sites (tertiary alicyclic amines) is 1. The Morgan fingerprint density at radius 2 is 1.61 bits per heavy atom. The molecule has 0 unspecified atom stereocenters. The summed E-state index contributed by atoms with van der Waals surface area (Å²) in [4.78, 5) is 20.2. The molecule has 3 heterocycles. The number of hydrogen-bond donors (Lipinski definition) is 1. The summed E-state index contributed by atoms with van der Waals surface area (Å²) >= 11 is 0. The van der Waals surface area contributed by atoms with Gasteiger partial charge in [-0.15, -0.1) is 0 Å². The van der Waals surface area contributed by atoms with Crippen LogP contribution in [0.15, 0.2) is 0 Å². The molecule has 3 fully saturated rings. The van der Waals surface area contributed by atoms with E-state index in [1.54, 1.807) is 4.90 Å². The van der Waals surface area contributed by atoms with Crippen LogP contribution in [0.1, 0.15) is 50.5 Å². The molecule has 28 heavy (non-hydrogen) atoms. The Bertz CT molecular complexity index is 772. The second-order valence-electron chi connectivity index (χ2n) is 8.46. The molecule has 8 heteroatoms. The van der Waals surface area contributed by atoms with Crippen LogP contribution < -0.4 is 4.90 Å². The van der Waals surface area contributed by atoms with Gasteiger partial charge < -0.3 is 14.9 Å². The lowest BCUT2D eigenvalue weighted by molar-refractivity contribution is -0.139. The molecule has 1 aromatic heterocycles. The van der Waals surface area contributed by atoms with Gasteiger partial charge in [0.15, 0.2) is 17.5 Å². The van der Waals surface area contributed by atoms with E-state index in [1.807, 2.05) is 4.90 Å². The van der Waals surface area contributed by atoms with E-state index in [0.29, 0.717) is 25.9 Å².